The number of hydrogen-bond donors (Lipinski definition) is 5. The number of rotatable bonds is 24. The molecule has 18 heteroatoms. The highest BCUT2D eigenvalue weighted by molar-refractivity contribution is 7.90. The van der Waals surface area contributed by atoms with Gasteiger partial charge in [-0.1, -0.05) is 109 Å². The first-order valence-electron chi connectivity index (χ1n) is 32.7. The van der Waals surface area contributed by atoms with Crippen LogP contribution in [-0.4, -0.2) is 190 Å². The Morgan fingerprint density at radius 2 is 1.30 bits per heavy atom. The Balaban J connectivity index is 0.0000135. The first-order valence-corrected chi connectivity index (χ1v) is 34.8. The van der Waals surface area contributed by atoms with Gasteiger partial charge in [0.2, 0.25) is 5.91 Å². The fraction of sp³-hybridized carbons (Fsp3) is 0.794. The molecule has 0 unspecified atom stereocenters. The van der Waals surface area contributed by atoms with Gasteiger partial charge in [0.25, 0.3) is 0 Å². The normalized spacial score (nSPS) is 35.7. The molecule has 4 aliphatic rings. The van der Waals surface area contributed by atoms with E-state index in [1.54, 1.807) is 46.4 Å². The summed E-state index contributed by atoms with van der Waals surface area (Å²) in [5.74, 6) is -3.24. The van der Waals surface area contributed by atoms with Crippen LogP contribution in [0, 0.1) is 17.8 Å². The number of cyclic esters (lactones) is 1. The Labute approximate surface area is 524 Å². The van der Waals surface area contributed by atoms with Crippen LogP contribution in [0.25, 0.3) is 0 Å². The van der Waals surface area contributed by atoms with Crippen molar-refractivity contribution in [1.82, 2.24) is 9.80 Å². The first kappa shape index (κ1) is 74.3. The minimum atomic E-state index is -2.00. The molecule has 4 heterocycles. The van der Waals surface area contributed by atoms with Crippen LogP contribution in [-0.2, 0) is 42.7 Å². The number of hydrogen-bond acceptors (Lipinski definition) is 15. The molecule has 0 spiro atoms. The number of aliphatic hydroxyl groups excluding tert-OH is 3. The van der Waals surface area contributed by atoms with Crippen LogP contribution in [0.15, 0.2) is 60.7 Å². The third-order valence-corrected chi connectivity index (χ3v) is 25.1. The number of esters is 1. The summed E-state index contributed by atoms with van der Waals surface area (Å²) >= 11 is 0. The van der Waals surface area contributed by atoms with Crippen molar-refractivity contribution in [2.24, 2.45) is 17.8 Å². The zero-order valence-electron chi connectivity index (χ0n) is 54.7. The summed E-state index contributed by atoms with van der Waals surface area (Å²) < 4.78 is 44.2. The van der Waals surface area contributed by atoms with E-state index in [1.165, 1.54) is 69.3 Å². The van der Waals surface area contributed by atoms with Crippen molar-refractivity contribution in [1.29, 1.82) is 0 Å². The molecular formula is C68H114ClN2O14P. The van der Waals surface area contributed by atoms with Crippen molar-refractivity contribution in [2.45, 2.75) is 281 Å². The average molecular weight is 1250 g/mol. The van der Waals surface area contributed by atoms with E-state index < -0.39 is 109 Å². The van der Waals surface area contributed by atoms with Crippen molar-refractivity contribution in [3.8, 4) is 0 Å². The van der Waals surface area contributed by atoms with Crippen LogP contribution < -0.4 is 23.0 Å². The van der Waals surface area contributed by atoms with Crippen molar-refractivity contribution in [3.63, 3.8) is 0 Å². The van der Waals surface area contributed by atoms with Gasteiger partial charge in [-0.25, -0.2) is 0 Å². The van der Waals surface area contributed by atoms with Gasteiger partial charge in [-0.3, -0.25) is 9.59 Å². The van der Waals surface area contributed by atoms with Gasteiger partial charge in [-0.05, 0) is 131 Å². The lowest BCUT2D eigenvalue weighted by atomic mass is 9.77. The van der Waals surface area contributed by atoms with Gasteiger partial charge in [-0.15, -0.1) is 0 Å². The largest absolute Gasteiger partial charge is 1.00 e. The van der Waals surface area contributed by atoms with Gasteiger partial charge in [0.05, 0.1) is 90.5 Å². The summed E-state index contributed by atoms with van der Waals surface area (Å²) in [4.78, 5) is 32.8. The van der Waals surface area contributed by atoms with Crippen molar-refractivity contribution < 1.29 is 80.7 Å². The molecule has 4 fully saturated rings. The third kappa shape index (κ3) is 18.9. The summed E-state index contributed by atoms with van der Waals surface area (Å²) in [5, 5.41) is 63.6. The molecule has 0 aromatic heterocycles. The molecule has 4 saturated heterocycles. The first-order chi connectivity index (χ1) is 40.3. The van der Waals surface area contributed by atoms with Gasteiger partial charge >= 0.3 is 5.97 Å². The number of nitrogens with zero attached hydrogens (tertiary/aromatic N) is 2. The van der Waals surface area contributed by atoms with Gasteiger partial charge in [0.15, 0.2) is 12.6 Å². The molecule has 0 saturated carbocycles. The van der Waals surface area contributed by atoms with Crippen LogP contribution in [0.5, 0.6) is 0 Å². The predicted molar refractivity (Wildman–Crippen MR) is 336 cm³/mol. The molecule has 4 aliphatic heterocycles. The molecule has 0 radical (unpaired) electrons. The maximum atomic E-state index is 14.7. The van der Waals surface area contributed by atoms with Crippen LogP contribution in [0.1, 0.15) is 185 Å². The minimum Gasteiger partial charge on any atom is -1.00 e. The number of ether oxygens (including phenoxy) is 7. The molecule has 6 rings (SSSR count). The van der Waals surface area contributed by atoms with Gasteiger partial charge in [0, 0.05) is 51.3 Å². The second kappa shape index (κ2) is 34.3. The Hall–Kier alpha value is -2.38. The topological polar surface area (TPSA) is 206 Å². The Morgan fingerprint density at radius 1 is 0.756 bits per heavy atom. The number of aliphatic hydroxyl groups is 5. The predicted octanol–water partition coefficient (Wildman–Crippen LogP) is 6.33. The zero-order chi connectivity index (χ0) is 62.3. The molecule has 2 aromatic carbocycles. The Morgan fingerprint density at radius 3 is 1.84 bits per heavy atom. The number of carbonyl (C=O) groups excluding carboxylic acids is 2. The lowest BCUT2D eigenvalue weighted by Gasteiger charge is -2.48. The summed E-state index contributed by atoms with van der Waals surface area (Å²) in [7, 11) is 3.66. The summed E-state index contributed by atoms with van der Waals surface area (Å²) in [6, 6.07) is 21.5. The number of amides is 1. The third-order valence-electron chi connectivity index (χ3n) is 19.9. The quantitative estimate of drug-likeness (QED) is 0.0443. The van der Waals surface area contributed by atoms with Gasteiger partial charge in [0.1, 0.15) is 30.0 Å². The maximum Gasteiger partial charge on any atom is 0.311 e. The molecule has 18 atom stereocenters. The highest BCUT2D eigenvalue weighted by atomic mass is 35.5. The van der Waals surface area contributed by atoms with Crippen LogP contribution in [0.4, 0.5) is 0 Å². The monoisotopic (exact) mass is 1250 g/mol. The number of methoxy groups -OCH3 is 1. The van der Waals surface area contributed by atoms with Crippen LogP contribution in [0.2, 0.25) is 0 Å². The summed E-state index contributed by atoms with van der Waals surface area (Å²) in [5.41, 5.74) is -4.13. The number of likely N-dealkylation sites (N-methyl/N-ethyl adjacent to an activating group) is 1. The Kier molecular flexibility index (Phi) is 29.7. The lowest BCUT2D eigenvalue weighted by molar-refractivity contribution is -0.318. The maximum absolute atomic E-state index is 14.7. The molecule has 16 nitrogen and oxygen atoms in total. The molecule has 1 amide bonds. The van der Waals surface area contributed by atoms with E-state index in [0.717, 1.165) is 51.7 Å². The summed E-state index contributed by atoms with van der Waals surface area (Å²) in [6.07, 6.45) is 6.49. The SMILES string of the molecule is CC[C@H]1OC(=O)[C@H](C)[C@@H](O[C@H]2C[C@@](C)(OC)[C@@H](O)[C@H](C)O2)[C@H](C)[C@@H](O[C@@H]2O[C@H](C)C[C@H](N(C)C)[C@H]2O)[C@](C)(O)C[C@@H](C)CN(C(=O)CCCCCCCCCCCCC[P+](c2ccccc2)(c2ccccc2)C2CCOCC2)[C@H](C)[C@@H](O)[C@]1(C)O.[Cl-]. The van der Waals surface area contributed by atoms with Gasteiger partial charge in [-0.2, -0.15) is 0 Å². The number of benzene rings is 2. The van der Waals surface area contributed by atoms with E-state index in [9.17, 15) is 35.1 Å². The van der Waals surface area contributed by atoms with Crippen LogP contribution >= 0.6 is 7.26 Å². The number of unbranched alkanes of at least 4 members (excludes halogenated alkanes) is 10. The highest BCUT2D eigenvalue weighted by Gasteiger charge is 2.54. The minimum absolute atomic E-state index is 0. The molecule has 86 heavy (non-hydrogen) atoms. The Bertz CT molecular complexity index is 2240. The summed E-state index contributed by atoms with van der Waals surface area (Å²) in [6.45, 7) is 19.2. The molecular weight excluding hydrogens is 1140 g/mol. The van der Waals surface area contributed by atoms with Crippen molar-refractivity contribution >= 4 is 29.7 Å². The molecule has 0 bridgehead atoms. The molecule has 492 valence electrons. The molecule has 2 aromatic rings. The van der Waals surface area contributed by atoms with Gasteiger partial charge < -0.3 is 80.9 Å². The molecule has 0 aliphatic carbocycles. The number of halogens is 1. The standard InChI is InChI=1S/C68H114N2O14P.ClH/c1-14-56-68(10,77)61(73)50(6)70(57(71)36-30-22-20-18-16-15-17-19-21-23-31-41-85(52-32-26-24-27-33-52,53-34-28-25-29-35-53)54-37-39-79-40-38-54)45-46(2)43-66(8,76)63(84-65-59(72)55(69(11)12)42-47(3)80-65)48(4)60(49(5)64(75)82-56)83-58-44-67(9,78-13)62(74)51(7)81-58;/h24-29,32-35,46-51,54-56,58-63,65,72-74,76-77H,14-23,30-31,36-45H2,1-13H3;1H/q+1;/p-1/t46-,47-,48+,49-,50-,51+,55+,56-,58+,59-,60+,61-,62+,63-,65+,66-,67-,68-;/m1./s1. The van der Waals surface area contributed by atoms with E-state index in [1.807, 2.05) is 39.8 Å². The second-order valence-corrected chi connectivity index (χ2v) is 31.0. The zero-order valence-corrected chi connectivity index (χ0v) is 56.3. The second-order valence-electron chi connectivity index (χ2n) is 27.0. The fourth-order valence-corrected chi connectivity index (χ4v) is 20.0. The van der Waals surface area contributed by atoms with Crippen LogP contribution in [0.3, 0.4) is 0 Å². The van der Waals surface area contributed by atoms with Crippen molar-refractivity contribution in [2.75, 3.05) is 47.1 Å². The smallest absolute Gasteiger partial charge is 0.311 e. The fourth-order valence-electron chi connectivity index (χ4n) is 14.7. The highest BCUT2D eigenvalue weighted by Crippen LogP contribution is 2.64. The van der Waals surface area contributed by atoms with E-state index in [4.69, 9.17) is 33.2 Å². The van der Waals surface area contributed by atoms with E-state index in [0.29, 0.717) is 18.5 Å². The average Bonchev–Trinajstić information content (AvgIpc) is 1.12. The van der Waals surface area contributed by atoms with E-state index in [-0.39, 0.29) is 62.7 Å². The molecule has 5 N–H and O–H groups in total. The number of carbonyl (C=O) groups is 2. The van der Waals surface area contributed by atoms with E-state index in [2.05, 4.69) is 60.7 Å². The lowest BCUT2D eigenvalue weighted by Crippen LogP contribution is -3.00. The van der Waals surface area contributed by atoms with E-state index >= 15 is 0 Å². The van der Waals surface area contributed by atoms with Crippen molar-refractivity contribution in [3.05, 3.63) is 60.7 Å².